The van der Waals surface area contributed by atoms with Gasteiger partial charge in [-0.2, -0.15) is 4.31 Å². The molecule has 0 unspecified atom stereocenters. The molecular weight excluding hydrogens is 328 g/mol. The van der Waals surface area contributed by atoms with Crippen molar-refractivity contribution in [1.29, 1.82) is 0 Å². The summed E-state index contributed by atoms with van der Waals surface area (Å²) in [7, 11) is -2.17. The van der Waals surface area contributed by atoms with Gasteiger partial charge in [-0.05, 0) is 37.5 Å². The van der Waals surface area contributed by atoms with E-state index < -0.39 is 10.0 Å². The number of nitrogens with zero attached hydrogens (tertiary/aromatic N) is 1. The summed E-state index contributed by atoms with van der Waals surface area (Å²) >= 11 is 0. The third-order valence-electron chi connectivity index (χ3n) is 4.18. The Morgan fingerprint density at radius 2 is 2.08 bits per heavy atom. The molecule has 1 aromatic rings. The van der Waals surface area contributed by atoms with Crippen LogP contribution in [-0.4, -0.2) is 45.4 Å². The maximum Gasteiger partial charge on any atom is 0.246 e. The van der Waals surface area contributed by atoms with E-state index in [1.165, 1.54) is 11.4 Å². The van der Waals surface area contributed by atoms with Gasteiger partial charge in [0.15, 0.2) is 0 Å². The summed E-state index contributed by atoms with van der Waals surface area (Å²) < 4.78 is 32.4. The fourth-order valence-electron chi connectivity index (χ4n) is 2.80. The lowest BCUT2D eigenvalue weighted by Crippen LogP contribution is -2.43. The molecule has 0 aliphatic carbocycles. The first-order chi connectivity index (χ1) is 11.4. The Morgan fingerprint density at radius 3 is 2.67 bits per heavy atom. The zero-order valence-corrected chi connectivity index (χ0v) is 14.9. The molecule has 1 amide bonds. The molecule has 1 heterocycles. The summed E-state index contributed by atoms with van der Waals surface area (Å²) in [6, 6.07) is 5.10. The highest BCUT2D eigenvalue weighted by molar-refractivity contribution is 7.89. The fourth-order valence-corrected chi connectivity index (χ4v) is 4.51. The number of ether oxygens (including phenoxy) is 1. The molecular formula is C17H24N2O4S. The van der Waals surface area contributed by atoms with E-state index in [0.717, 1.165) is 5.56 Å². The average molecular weight is 352 g/mol. The van der Waals surface area contributed by atoms with E-state index in [1.54, 1.807) is 18.2 Å². The van der Waals surface area contributed by atoms with Crippen LogP contribution in [-0.2, 0) is 14.8 Å². The molecule has 0 saturated carbocycles. The minimum absolute atomic E-state index is 0.0416. The Kier molecular flexibility index (Phi) is 6.01. The number of nitrogens with one attached hydrogen (secondary N) is 1. The Labute approximate surface area is 143 Å². The number of piperidine rings is 1. The SMILES string of the molecule is C=CCNC(=O)C1CCN(S(=O)(=O)c2cc(C)ccc2OC)CC1. The van der Waals surface area contributed by atoms with Crippen molar-refractivity contribution in [2.45, 2.75) is 24.7 Å². The van der Waals surface area contributed by atoms with Gasteiger partial charge in [-0.15, -0.1) is 6.58 Å². The number of methoxy groups -OCH3 is 1. The average Bonchev–Trinajstić information content (AvgIpc) is 2.59. The van der Waals surface area contributed by atoms with Gasteiger partial charge in [0.25, 0.3) is 0 Å². The van der Waals surface area contributed by atoms with Crippen LogP contribution in [0.4, 0.5) is 0 Å². The first kappa shape index (κ1) is 18.5. The molecule has 0 spiro atoms. The summed E-state index contributed by atoms with van der Waals surface area (Å²) in [6.45, 7) is 6.49. The molecule has 24 heavy (non-hydrogen) atoms. The van der Waals surface area contributed by atoms with Crippen LogP contribution in [0.15, 0.2) is 35.7 Å². The van der Waals surface area contributed by atoms with E-state index in [9.17, 15) is 13.2 Å². The van der Waals surface area contributed by atoms with Gasteiger partial charge < -0.3 is 10.1 Å². The van der Waals surface area contributed by atoms with Crippen molar-refractivity contribution in [1.82, 2.24) is 9.62 Å². The van der Waals surface area contributed by atoms with Gasteiger partial charge in [0.2, 0.25) is 15.9 Å². The predicted octanol–water partition coefficient (Wildman–Crippen LogP) is 1.71. The third kappa shape index (κ3) is 3.96. The van der Waals surface area contributed by atoms with E-state index in [0.29, 0.717) is 38.2 Å². The highest BCUT2D eigenvalue weighted by Gasteiger charge is 2.33. The summed E-state index contributed by atoms with van der Waals surface area (Å²) in [6.07, 6.45) is 2.65. The lowest BCUT2D eigenvalue weighted by molar-refractivity contribution is -0.125. The van der Waals surface area contributed by atoms with E-state index >= 15 is 0 Å². The maximum atomic E-state index is 12.9. The Bertz CT molecular complexity index is 707. The van der Waals surface area contributed by atoms with E-state index in [1.807, 2.05) is 13.0 Å². The second kappa shape index (κ2) is 7.81. The summed E-state index contributed by atoms with van der Waals surface area (Å²) in [5.74, 6) is 0.141. The minimum atomic E-state index is -3.63. The van der Waals surface area contributed by atoms with Crippen LogP contribution in [0.25, 0.3) is 0 Å². The zero-order chi connectivity index (χ0) is 17.7. The van der Waals surface area contributed by atoms with Gasteiger partial charge in [-0.3, -0.25) is 4.79 Å². The van der Waals surface area contributed by atoms with Crippen LogP contribution in [0.2, 0.25) is 0 Å². The van der Waals surface area contributed by atoms with Gasteiger partial charge >= 0.3 is 0 Å². The van der Waals surface area contributed by atoms with Crippen molar-refractivity contribution in [3.8, 4) is 5.75 Å². The predicted molar refractivity (Wildman–Crippen MR) is 92.4 cm³/mol. The van der Waals surface area contributed by atoms with Crippen molar-refractivity contribution >= 4 is 15.9 Å². The van der Waals surface area contributed by atoms with Gasteiger partial charge in [-0.1, -0.05) is 12.1 Å². The largest absolute Gasteiger partial charge is 0.495 e. The molecule has 2 rings (SSSR count). The Hall–Kier alpha value is -1.86. The highest BCUT2D eigenvalue weighted by atomic mass is 32.2. The lowest BCUT2D eigenvalue weighted by Gasteiger charge is -2.30. The number of aryl methyl sites for hydroxylation is 1. The van der Waals surface area contributed by atoms with Crippen molar-refractivity contribution in [2.75, 3.05) is 26.7 Å². The Balaban J connectivity index is 2.12. The molecule has 132 valence electrons. The van der Waals surface area contributed by atoms with Gasteiger partial charge in [0.05, 0.1) is 7.11 Å². The standard InChI is InChI=1S/C17H24N2O4S/c1-4-9-18-17(20)14-7-10-19(11-8-14)24(21,22)16-12-13(2)5-6-15(16)23-3/h4-6,12,14H,1,7-11H2,2-3H3,(H,18,20). The first-order valence-corrected chi connectivity index (χ1v) is 9.37. The molecule has 0 aromatic heterocycles. The Morgan fingerprint density at radius 1 is 1.42 bits per heavy atom. The molecule has 0 radical (unpaired) electrons. The van der Waals surface area contributed by atoms with Crippen LogP contribution in [0.3, 0.4) is 0 Å². The molecule has 1 aliphatic rings. The molecule has 1 fully saturated rings. The third-order valence-corrected chi connectivity index (χ3v) is 6.10. The number of hydrogen-bond acceptors (Lipinski definition) is 4. The number of carbonyl (C=O) groups excluding carboxylic acids is 1. The second-order valence-electron chi connectivity index (χ2n) is 5.87. The van der Waals surface area contributed by atoms with Crippen molar-refractivity contribution in [3.05, 3.63) is 36.4 Å². The van der Waals surface area contributed by atoms with Crippen LogP contribution in [0, 0.1) is 12.8 Å². The van der Waals surface area contributed by atoms with E-state index in [-0.39, 0.29) is 16.7 Å². The molecule has 1 aromatic carbocycles. The van der Waals surface area contributed by atoms with E-state index in [4.69, 9.17) is 4.74 Å². The van der Waals surface area contributed by atoms with Gasteiger partial charge in [-0.25, -0.2) is 8.42 Å². The van der Waals surface area contributed by atoms with Crippen molar-refractivity contribution in [2.24, 2.45) is 5.92 Å². The molecule has 1 saturated heterocycles. The molecule has 1 aliphatic heterocycles. The highest BCUT2D eigenvalue weighted by Crippen LogP contribution is 2.30. The van der Waals surface area contributed by atoms with Crippen LogP contribution < -0.4 is 10.1 Å². The number of amides is 1. The topological polar surface area (TPSA) is 75.7 Å². The van der Waals surface area contributed by atoms with E-state index in [2.05, 4.69) is 11.9 Å². The summed E-state index contributed by atoms with van der Waals surface area (Å²) in [5, 5.41) is 2.77. The van der Waals surface area contributed by atoms with Crippen molar-refractivity contribution in [3.63, 3.8) is 0 Å². The van der Waals surface area contributed by atoms with Crippen LogP contribution >= 0.6 is 0 Å². The first-order valence-electron chi connectivity index (χ1n) is 7.93. The zero-order valence-electron chi connectivity index (χ0n) is 14.1. The normalized spacial score (nSPS) is 16.6. The number of hydrogen-bond donors (Lipinski definition) is 1. The maximum absolute atomic E-state index is 12.9. The number of carbonyl (C=O) groups is 1. The number of benzene rings is 1. The lowest BCUT2D eigenvalue weighted by atomic mass is 9.97. The molecule has 7 heteroatoms. The molecule has 0 bridgehead atoms. The quantitative estimate of drug-likeness (QED) is 0.791. The summed E-state index contributed by atoms with van der Waals surface area (Å²) in [4.78, 5) is 12.2. The molecule has 1 N–H and O–H groups in total. The number of rotatable bonds is 6. The fraction of sp³-hybridized carbons (Fsp3) is 0.471. The second-order valence-corrected chi connectivity index (χ2v) is 7.77. The monoisotopic (exact) mass is 352 g/mol. The van der Waals surface area contributed by atoms with Gasteiger partial charge in [0, 0.05) is 25.6 Å². The van der Waals surface area contributed by atoms with Crippen LogP contribution in [0.1, 0.15) is 18.4 Å². The molecule has 6 nitrogen and oxygen atoms in total. The van der Waals surface area contributed by atoms with Crippen LogP contribution in [0.5, 0.6) is 5.75 Å². The smallest absolute Gasteiger partial charge is 0.246 e. The minimum Gasteiger partial charge on any atom is -0.495 e. The summed E-state index contributed by atoms with van der Waals surface area (Å²) in [5.41, 5.74) is 0.855. The molecule has 0 atom stereocenters. The van der Waals surface area contributed by atoms with Crippen molar-refractivity contribution < 1.29 is 17.9 Å². The van der Waals surface area contributed by atoms with Gasteiger partial charge in [0.1, 0.15) is 10.6 Å². The number of sulfonamides is 1.